The molecule has 1 aliphatic rings. The van der Waals surface area contributed by atoms with Gasteiger partial charge in [0.2, 0.25) is 0 Å². The van der Waals surface area contributed by atoms with Gasteiger partial charge in [0.1, 0.15) is 9.71 Å². The summed E-state index contributed by atoms with van der Waals surface area (Å²) in [4.78, 5) is 18.1. The first-order valence-electron chi connectivity index (χ1n) is 7.02. The number of amides is 1. The molecule has 3 rings (SSSR count). The fourth-order valence-corrected chi connectivity index (χ4v) is 4.26. The lowest BCUT2D eigenvalue weighted by Gasteiger charge is -2.25. The van der Waals surface area contributed by atoms with Crippen molar-refractivity contribution < 1.29 is 4.79 Å². The highest BCUT2D eigenvalue weighted by Gasteiger charge is 2.23. The van der Waals surface area contributed by atoms with Crippen LogP contribution in [0.25, 0.3) is 10.2 Å². The van der Waals surface area contributed by atoms with E-state index < -0.39 is 0 Å². The predicted molar refractivity (Wildman–Crippen MR) is 88.8 cm³/mol. The van der Waals surface area contributed by atoms with Crippen LogP contribution in [0.5, 0.6) is 0 Å². The van der Waals surface area contributed by atoms with Gasteiger partial charge in [0.05, 0.1) is 15.7 Å². The lowest BCUT2D eigenvalue weighted by Crippen LogP contribution is -2.31. The minimum atomic E-state index is -0.108. The third kappa shape index (κ3) is 2.65. The third-order valence-corrected chi connectivity index (χ3v) is 6.23. The van der Waals surface area contributed by atoms with Crippen molar-refractivity contribution in [3.8, 4) is 0 Å². The van der Waals surface area contributed by atoms with E-state index in [-0.39, 0.29) is 5.91 Å². The molecule has 0 spiro atoms. The fraction of sp³-hybridized carbons (Fsp3) is 0.467. The summed E-state index contributed by atoms with van der Waals surface area (Å²) in [5.74, 6) is 0.515. The summed E-state index contributed by atoms with van der Waals surface area (Å²) in [5, 5.41) is 4.86. The number of carbonyl (C=O) groups excluding carboxylic acids is 1. The Bertz CT molecular complexity index is 722. The van der Waals surface area contributed by atoms with Gasteiger partial charge in [-0.25, -0.2) is 4.98 Å². The number of halogens is 2. The summed E-state index contributed by atoms with van der Waals surface area (Å²) in [5.41, 5.74) is 1.65. The zero-order chi connectivity index (χ0) is 15.1. The number of aromatic nitrogens is 1. The number of hydrogen-bond acceptors (Lipinski definition) is 3. The van der Waals surface area contributed by atoms with Crippen LogP contribution in [0.1, 0.15) is 40.2 Å². The van der Waals surface area contributed by atoms with Gasteiger partial charge in [-0.2, -0.15) is 0 Å². The molecule has 0 atom stereocenters. The van der Waals surface area contributed by atoms with Crippen LogP contribution < -0.4 is 5.32 Å². The number of carbonyl (C=O) groups is 1. The molecule has 2 heterocycles. The molecule has 0 aromatic carbocycles. The molecule has 1 amide bonds. The maximum Gasteiger partial charge on any atom is 0.262 e. The van der Waals surface area contributed by atoms with Crippen molar-refractivity contribution in [3.63, 3.8) is 0 Å². The van der Waals surface area contributed by atoms with Crippen molar-refractivity contribution in [2.24, 2.45) is 5.92 Å². The maximum absolute atomic E-state index is 12.3. The Hall–Kier alpha value is -0.840. The van der Waals surface area contributed by atoms with Crippen LogP contribution in [-0.2, 0) is 0 Å². The smallest absolute Gasteiger partial charge is 0.262 e. The minimum Gasteiger partial charge on any atom is -0.351 e. The Morgan fingerprint density at radius 2 is 2.05 bits per heavy atom. The van der Waals surface area contributed by atoms with Gasteiger partial charge in [0, 0.05) is 11.9 Å². The van der Waals surface area contributed by atoms with E-state index in [1.165, 1.54) is 30.6 Å². The average molecular weight is 343 g/mol. The summed E-state index contributed by atoms with van der Waals surface area (Å²) < 4.78 is 0. The number of fused-ring (bicyclic) bond motifs is 1. The number of aryl methyl sites for hydroxylation is 2. The van der Waals surface area contributed by atoms with Crippen molar-refractivity contribution in [3.05, 3.63) is 26.2 Å². The molecule has 2 aromatic heterocycles. The molecule has 0 unspecified atom stereocenters. The standard InChI is InChI=1S/C15H16Cl2N2OS/c1-7-10-12(17)13(14(20)18-6-9-4-3-5-9)21-15(10)19-8(2)11(7)16/h9H,3-6H2,1-2H3,(H,18,20). The van der Waals surface area contributed by atoms with Crippen LogP contribution in [0.3, 0.4) is 0 Å². The summed E-state index contributed by atoms with van der Waals surface area (Å²) in [6, 6.07) is 0. The van der Waals surface area contributed by atoms with E-state index in [0.29, 0.717) is 20.8 Å². The van der Waals surface area contributed by atoms with Gasteiger partial charge in [-0.3, -0.25) is 4.79 Å². The third-order valence-electron chi connectivity index (χ3n) is 4.10. The minimum absolute atomic E-state index is 0.108. The van der Waals surface area contributed by atoms with Crippen LogP contribution in [-0.4, -0.2) is 17.4 Å². The molecule has 1 saturated carbocycles. The van der Waals surface area contributed by atoms with Crippen molar-refractivity contribution >= 4 is 50.7 Å². The van der Waals surface area contributed by atoms with Crippen molar-refractivity contribution in [1.29, 1.82) is 0 Å². The van der Waals surface area contributed by atoms with Gasteiger partial charge < -0.3 is 5.32 Å². The summed E-state index contributed by atoms with van der Waals surface area (Å²) in [7, 11) is 0. The van der Waals surface area contributed by atoms with Crippen LogP contribution >= 0.6 is 34.5 Å². The topological polar surface area (TPSA) is 42.0 Å². The van der Waals surface area contributed by atoms with Crippen molar-refractivity contribution in [1.82, 2.24) is 10.3 Å². The highest BCUT2D eigenvalue weighted by Crippen LogP contribution is 2.39. The SMILES string of the molecule is Cc1nc2sc(C(=O)NCC3CCC3)c(Cl)c2c(C)c1Cl. The van der Waals surface area contributed by atoms with E-state index in [1.807, 2.05) is 13.8 Å². The molecular weight excluding hydrogens is 327 g/mol. The molecule has 0 radical (unpaired) electrons. The first-order valence-corrected chi connectivity index (χ1v) is 8.59. The number of rotatable bonds is 3. The Kier molecular flexibility index (Phi) is 4.12. The second-order valence-corrected chi connectivity index (χ2v) is 7.32. The lowest BCUT2D eigenvalue weighted by atomic mass is 9.85. The monoisotopic (exact) mass is 342 g/mol. The molecule has 2 aromatic rings. The molecule has 0 saturated heterocycles. The van der Waals surface area contributed by atoms with E-state index in [4.69, 9.17) is 23.2 Å². The number of pyridine rings is 1. The Morgan fingerprint density at radius 1 is 1.33 bits per heavy atom. The van der Waals surface area contributed by atoms with Crippen LogP contribution in [0.15, 0.2) is 0 Å². The van der Waals surface area contributed by atoms with Gasteiger partial charge in [0.25, 0.3) is 5.91 Å². The molecule has 6 heteroatoms. The van der Waals surface area contributed by atoms with E-state index in [0.717, 1.165) is 28.0 Å². The fourth-order valence-electron chi connectivity index (χ4n) is 2.55. The molecular formula is C15H16Cl2N2OS. The summed E-state index contributed by atoms with van der Waals surface area (Å²) >= 11 is 14.0. The molecule has 0 aliphatic heterocycles. The van der Waals surface area contributed by atoms with Gasteiger partial charge in [-0.05, 0) is 38.2 Å². The molecule has 1 N–H and O–H groups in total. The second kappa shape index (κ2) is 5.75. The van der Waals surface area contributed by atoms with Gasteiger partial charge in [-0.1, -0.05) is 29.6 Å². The van der Waals surface area contributed by atoms with E-state index in [1.54, 1.807) is 0 Å². The highest BCUT2D eigenvalue weighted by molar-refractivity contribution is 7.21. The van der Waals surface area contributed by atoms with Gasteiger partial charge in [0.15, 0.2) is 0 Å². The summed E-state index contributed by atoms with van der Waals surface area (Å²) in [6.45, 7) is 4.50. The van der Waals surface area contributed by atoms with Crippen molar-refractivity contribution in [2.45, 2.75) is 33.1 Å². The molecule has 3 nitrogen and oxygen atoms in total. The first-order chi connectivity index (χ1) is 9.99. The Balaban J connectivity index is 1.93. The quantitative estimate of drug-likeness (QED) is 0.874. The largest absolute Gasteiger partial charge is 0.351 e. The van der Waals surface area contributed by atoms with E-state index in [9.17, 15) is 4.79 Å². The number of thiophene rings is 1. The zero-order valence-corrected chi connectivity index (χ0v) is 14.3. The predicted octanol–water partition coefficient (Wildman–Crippen LogP) is 4.75. The Labute approximate surface area is 137 Å². The maximum atomic E-state index is 12.3. The molecule has 112 valence electrons. The Morgan fingerprint density at radius 3 is 2.67 bits per heavy atom. The van der Waals surface area contributed by atoms with Crippen LogP contribution in [0.2, 0.25) is 10.0 Å². The molecule has 1 fully saturated rings. The average Bonchev–Trinajstić information content (AvgIpc) is 2.71. The highest BCUT2D eigenvalue weighted by atomic mass is 35.5. The normalized spacial score (nSPS) is 15.2. The van der Waals surface area contributed by atoms with Gasteiger partial charge in [-0.15, -0.1) is 11.3 Å². The molecule has 0 bridgehead atoms. The van der Waals surface area contributed by atoms with Crippen LogP contribution in [0.4, 0.5) is 0 Å². The van der Waals surface area contributed by atoms with Gasteiger partial charge >= 0.3 is 0 Å². The van der Waals surface area contributed by atoms with E-state index in [2.05, 4.69) is 10.3 Å². The number of nitrogens with one attached hydrogen (secondary N) is 1. The second-order valence-electron chi connectivity index (χ2n) is 5.57. The lowest BCUT2D eigenvalue weighted by molar-refractivity contribution is 0.0943. The van der Waals surface area contributed by atoms with E-state index >= 15 is 0 Å². The number of nitrogens with zero attached hydrogens (tertiary/aromatic N) is 1. The zero-order valence-electron chi connectivity index (χ0n) is 11.9. The first kappa shape index (κ1) is 15.1. The molecule has 1 aliphatic carbocycles. The van der Waals surface area contributed by atoms with Crippen LogP contribution in [0, 0.1) is 19.8 Å². The van der Waals surface area contributed by atoms with Crippen molar-refractivity contribution in [2.75, 3.05) is 6.54 Å². The number of hydrogen-bond donors (Lipinski definition) is 1. The molecule has 21 heavy (non-hydrogen) atoms. The summed E-state index contributed by atoms with van der Waals surface area (Å²) in [6.07, 6.45) is 3.68.